The van der Waals surface area contributed by atoms with Crippen LogP contribution in [0.25, 0.3) is 0 Å². The molecule has 0 aromatic carbocycles. The molecule has 0 unspecified atom stereocenters. The molecule has 0 radical (unpaired) electrons. The van der Waals surface area contributed by atoms with E-state index < -0.39 is 0 Å². The molecule has 4 heteroatoms. The van der Waals surface area contributed by atoms with E-state index in [1.54, 1.807) is 0 Å². The van der Waals surface area contributed by atoms with Gasteiger partial charge in [-0.25, -0.2) is 0 Å². The second-order valence-corrected chi connectivity index (χ2v) is 6.38. The molecule has 120 valence electrons. The Morgan fingerprint density at radius 1 is 1.05 bits per heavy atom. The monoisotopic (exact) mass is 292 g/mol. The highest BCUT2D eigenvalue weighted by Crippen LogP contribution is 2.13. The molecule has 1 aromatic rings. The third-order valence-corrected chi connectivity index (χ3v) is 4.72. The Balaban J connectivity index is 1.52. The molecular weight excluding hydrogens is 260 g/mol. The van der Waals surface area contributed by atoms with Crippen molar-refractivity contribution in [3.05, 3.63) is 17.0 Å². The topological polar surface area (TPSA) is 33.1 Å². The Morgan fingerprint density at radius 3 is 2.43 bits per heavy atom. The average molecular weight is 292 g/mol. The van der Waals surface area contributed by atoms with Crippen molar-refractivity contribution >= 4 is 0 Å². The molecule has 1 aliphatic rings. The summed E-state index contributed by atoms with van der Waals surface area (Å²) in [5.41, 5.74) is 3.95. The van der Waals surface area contributed by atoms with E-state index >= 15 is 0 Å². The van der Waals surface area contributed by atoms with Crippen molar-refractivity contribution in [2.45, 2.75) is 52.4 Å². The molecule has 0 spiro atoms. The Labute approximate surface area is 129 Å². The molecule has 0 saturated carbocycles. The van der Waals surface area contributed by atoms with Crippen LogP contribution in [0.1, 0.15) is 49.1 Å². The Hall–Kier alpha value is -0.870. The highest BCUT2D eigenvalue weighted by Gasteiger charge is 2.09. The molecule has 2 rings (SSSR count). The molecule has 1 fully saturated rings. The minimum absolute atomic E-state index is 1.12. The number of piperidine rings is 1. The fourth-order valence-corrected chi connectivity index (χ4v) is 3.31. The molecule has 0 aliphatic carbocycles. The summed E-state index contributed by atoms with van der Waals surface area (Å²) >= 11 is 0. The largest absolute Gasteiger partial charge is 0.317 e. The summed E-state index contributed by atoms with van der Waals surface area (Å²) in [6, 6.07) is 0. The first-order valence-corrected chi connectivity index (χ1v) is 8.60. The summed E-state index contributed by atoms with van der Waals surface area (Å²) in [5.74, 6) is 0. The van der Waals surface area contributed by atoms with Gasteiger partial charge < -0.3 is 10.2 Å². The van der Waals surface area contributed by atoms with Crippen molar-refractivity contribution in [3.8, 4) is 0 Å². The third-order valence-electron chi connectivity index (χ3n) is 4.72. The summed E-state index contributed by atoms with van der Waals surface area (Å²) in [6.07, 6.45) is 7.86. The molecule has 1 aromatic heterocycles. The van der Waals surface area contributed by atoms with Crippen LogP contribution in [0.4, 0.5) is 0 Å². The van der Waals surface area contributed by atoms with E-state index in [4.69, 9.17) is 0 Å². The first kappa shape index (κ1) is 16.5. The second-order valence-electron chi connectivity index (χ2n) is 6.38. The minimum Gasteiger partial charge on any atom is -0.317 e. The van der Waals surface area contributed by atoms with E-state index in [0.29, 0.717) is 0 Å². The predicted molar refractivity (Wildman–Crippen MR) is 88.8 cm³/mol. The smallest absolute Gasteiger partial charge is 0.0628 e. The molecule has 1 saturated heterocycles. The van der Waals surface area contributed by atoms with Crippen LogP contribution in [0, 0.1) is 13.8 Å². The van der Waals surface area contributed by atoms with Crippen LogP contribution < -0.4 is 5.32 Å². The summed E-state index contributed by atoms with van der Waals surface area (Å²) in [4.78, 5) is 2.62. The fraction of sp³-hybridized carbons (Fsp3) is 0.824. The van der Waals surface area contributed by atoms with Gasteiger partial charge in [0.1, 0.15) is 0 Å². The molecule has 1 aliphatic heterocycles. The van der Waals surface area contributed by atoms with E-state index in [-0.39, 0.29) is 0 Å². The molecule has 1 N–H and O–H groups in total. The number of likely N-dealkylation sites (tertiary alicyclic amines) is 1. The lowest BCUT2D eigenvalue weighted by Crippen LogP contribution is -2.32. The van der Waals surface area contributed by atoms with E-state index in [2.05, 4.69) is 29.2 Å². The van der Waals surface area contributed by atoms with Gasteiger partial charge in [-0.3, -0.25) is 4.68 Å². The number of nitrogens with one attached hydrogen (secondary N) is 1. The Kier molecular flexibility index (Phi) is 6.71. The summed E-state index contributed by atoms with van der Waals surface area (Å²) in [6.45, 7) is 10.5. The van der Waals surface area contributed by atoms with Crippen LogP contribution in [0.5, 0.6) is 0 Å². The lowest BCUT2D eigenvalue weighted by Gasteiger charge is -2.26. The lowest BCUT2D eigenvalue weighted by molar-refractivity contribution is 0.226. The van der Waals surface area contributed by atoms with Crippen LogP contribution in [0.15, 0.2) is 0 Å². The maximum atomic E-state index is 4.48. The number of nitrogens with zero attached hydrogens (tertiary/aromatic N) is 3. The number of rotatable bonds is 8. The fourth-order valence-electron chi connectivity index (χ4n) is 3.31. The van der Waals surface area contributed by atoms with Gasteiger partial charge in [-0.2, -0.15) is 5.10 Å². The number of aromatic nitrogens is 2. The van der Waals surface area contributed by atoms with Gasteiger partial charge in [0, 0.05) is 12.7 Å². The van der Waals surface area contributed by atoms with Crippen LogP contribution in [0.3, 0.4) is 0 Å². The normalized spacial score (nSPS) is 16.5. The SMILES string of the molecule is Cc1nn(C)c(C)c1CCCNCCCN1CCCCC1. The third kappa shape index (κ3) is 5.11. The first-order valence-electron chi connectivity index (χ1n) is 8.60. The highest BCUT2D eigenvalue weighted by atomic mass is 15.3. The lowest BCUT2D eigenvalue weighted by atomic mass is 10.1. The van der Waals surface area contributed by atoms with Gasteiger partial charge in [0.25, 0.3) is 0 Å². The second kappa shape index (κ2) is 8.54. The van der Waals surface area contributed by atoms with Gasteiger partial charge in [0.2, 0.25) is 0 Å². The maximum Gasteiger partial charge on any atom is 0.0628 e. The van der Waals surface area contributed by atoms with Crippen molar-refractivity contribution in [1.29, 1.82) is 0 Å². The van der Waals surface area contributed by atoms with Gasteiger partial charge in [-0.05, 0) is 84.2 Å². The van der Waals surface area contributed by atoms with Crippen LogP contribution in [0.2, 0.25) is 0 Å². The highest BCUT2D eigenvalue weighted by molar-refractivity contribution is 5.24. The molecule has 0 bridgehead atoms. The molecule has 4 nitrogen and oxygen atoms in total. The molecule has 21 heavy (non-hydrogen) atoms. The zero-order valence-electron chi connectivity index (χ0n) is 14.1. The predicted octanol–water partition coefficient (Wildman–Crippen LogP) is 2.44. The summed E-state index contributed by atoms with van der Waals surface area (Å²) < 4.78 is 2.00. The maximum absolute atomic E-state index is 4.48. The molecular formula is C17H32N4. The van der Waals surface area contributed by atoms with Crippen molar-refractivity contribution in [3.63, 3.8) is 0 Å². The van der Waals surface area contributed by atoms with Crippen LogP contribution >= 0.6 is 0 Å². The standard InChI is InChI=1S/C17H32N4/c1-15-17(16(2)20(3)19-15)9-7-10-18-11-8-14-21-12-5-4-6-13-21/h18H,4-14H2,1-3H3. The van der Waals surface area contributed by atoms with Crippen molar-refractivity contribution in [1.82, 2.24) is 20.0 Å². The number of hydrogen-bond acceptors (Lipinski definition) is 3. The van der Waals surface area contributed by atoms with Crippen molar-refractivity contribution in [2.24, 2.45) is 7.05 Å². The zero-order valence-corrected chi connectivity index (χ0v) is 14.1. The average Bonchev–Trinajstić information content (AvgIpc) is 2.73. The van der Waals surface area contributed by atoms with Crippen LogP contribution in [-0.2, 0) is 13.5 Å². The van der Waals surface area contributed by atoms with Crippen molar-refractivity contribution < 1.29 is 0 Å². The van der Waals surface area contributed by atoms with E-state index in [0.717, 1.165) is 19.5 Å². The van der Waals surface area contributed by atoms with Gasteiger partial charge in [0.15, 0.2) is 0 Å². The van der Waals surface area contributed by atoms with Gasteiger partial charge in [-0.1, -0.05) is 6.42 Å². The van der Waals surface area contributed by atoms with Gasteiger partial charge in [0.05, 0.1) is 5.69 Å². The van der Waals surface area contributed by atoms with Crippen molar-refractivity contribution in [2.75, 3.05) is 32.7 Å². The summed E-state index contributed by atoms with van der Waals surface area (Å²) in [5, 5.41) is 8.07. The van der Waals surface area contributed by atoms with Crippen LogP contribution in [-0.4, -0.2) is 47.4 Å². The Morgan fingerprint density at radius 2 is 1.76 bits per heavy atom. The van der Waals surface area contributed by atoms with Gasteiger partial charge >= 0.3 is 0 Å². The van der Waals surface area contributed by atoms with E-state index in [1.165, 1.54) is 68.7 Å². The molecule has 2 heterocycles. The number of aryl methyl sites for hydroxylation is 2. The minimum atomic E-state index is 1.12. The summed E-state index contributed by atoms with van der Waals surface area (Å²) in [7, 11) is 2.03. The Bertz CT molecular complexity index is 419. The zero-order chi connectivity index (χ0) is 15.1. The quantitative estimate of drug-likeness (QED) is 0.747. The molecule has 0 atom stereocenters. The van der Waals surface area contributed by atoms with Gasteiger partial charge in [-0.15, -0.1) is 0 Å². The molecule has 0 amide bonds. The van der Waals surface area contributed by atoms with E-state index in [1.807, 2.05) is 11.7 Å². The first-order chi connectivity index (χ1) is 10.2. The number of hydrogen-bond donors (Lipinski definition) is 1. The van der Waals surface area contributed by atoms with E-state index in [9.17, 15) is 0 Å².